The fourth-order valence-corrected chi connectivity index (χ4v) is 8.82. The standard InChI is InChI=1S/C24H20Cl6N4O12P2/c25-7-1-11-13(3-9(7)27)33(23(29)31-11)21-17(35)19-15(43-21)5-41-48(39,40)46-20-16(6-42-47(37,38)45-19)44-22(18(20)36)34-14-4-10(28)8(26)2-12(14)32-24(34)30/h1-4,15-22,35-36H,5-6H2,(H,37,38)(H,39,40). The normalized spacial score (nSPS) is 36.2. The van der Waals surface area contributed by atoms with Crippen LogP contribution in [0.25, 0.3) is 22.1 Å². The van der Waals surface area contributed by atoms with Gasteiger partial charge in [0.25, 0.3) is 0 Å². The molecule has 0 radical (unpaired) electrons. The van der Waals surface area contributed by atoms with Crippen LogP contribution in [0.4, 0.5) is 0 Å². The molecule has 3 aliphatic heterocycles. The number of phosphoric ester groups is 2. The van der Waals surface area contributed by atoms with Crippen molar-refractivity contribution in [3.8, 4) is 0 Å². The number of imidazole rings is 2. The zero-order valence-corrected chi connectivity index (χ0v) is 29.7. The Morgan fingerprint density at radius 1 is 0.646 bits per heavy atom. The Morgan fingerprint density at radius 2 is 1.00 bits per heavy atom. The Labute approximate surface area is 299 Å². The van der Waals surface area contributed by atoms with Crippen molar-refractivity contribution in [1.82, 2.24) is 19.1 Å². The molecule has 4 N–H and O–H groups in total. The van der Waals surface area contributed by atoms with E-state index < -0.39 is 77.9 Å². The molecule has 24 heteroatoms. The van der Waals surface area contributed by atoms with Crippen LogP contribution in [0.2, 0.25) is 30.7 Å². The first-order chi connectivity index (χ1) is 22.5. The van der Waals surface area contributed by atoms with Gasteiger partial charge in [0.15, 0.2) is 12.5 Å². The third-order valence-corrected chi connectivity index (χ3v) is 11.8. The third-order valence-electron chi connectivity index (χ3n) is 7.82. The summed E-state index contributed by atoms with van der Waals surface area (Å²) in [7, 11) is -10.2. The van der Waals surface area contributed by atoms with Crippen LogP contribution in [0, 0.1) is 0 Å². The van der Waals surface area contributed by atoms with Gasteiger partial charge in [-0.1, -0.05) is 46.4 Å². The quantitative estimate of drug-likeness (QED) is 0.183. The smallest absolute Gasteiger partial charge is 0.386 e. The summed E-state index contributed by atoms with van der Waals surface area (Å²) < 4.78 is 61.7. The molecule has 0 bridgehead atoms. The molecule has 260 valence electrons. The maximum atomic E-state index is 13.2. The number of ether oxygens (including phenoxy) is 2. The van der Waals surface area contributed by atoms with E-state index in [4.69, 9.17) is 97.2 Å². The van der Waals surface area contributed by atoms with Gasteiger partial charge in [0.05, 0.1) is 55.4 Å². The topological polar surface area (TPSA) is 206 Å². The van der Waals surface area contributed by atoms with Crippen molar-refractivity contribution in [2.45, 2.75) is 49.1 Å². The highest BCUT2D eigenvalue weighted by molar-refractivity contribution is 7.47. The molecule has 4 aromatic rings. The minimum absolute atomic E-state index is 0.126. The summed E-state index contributed by atoms with van der Waals surface area (Å²) in [6.45, 7) is -1.67. The minimum atomic E-state index is -5.08. The zero-order chi connectivity index (χ0) is 34.4. The van der Waals surface area contributed by atoms with Gasteiger partial charge in [-0.25, -0.2) is 19.1 Å². The molecule has 0 aliphatic carbocycles. The molecule has 0 spiro atoms. The van der Waals surface area contributed by atoms with E-state index in [-0.39, 0.29) is 52.7 Å². The van der Waals surface area contributed by atoms with Gasteiger partial charge in [-0.3, -0.25) is 27.2 Å². The second-order valence-corrected chi connectivity index (χ2v) is 15.9. The van der Waals surface area contributed by atoms with Crippen LogP contribution < -0.4 is 0 Å². The number of rotatable bonds is 2. The van der Waals surface area contributed by atoms with E-state index in [1.165, 1.54) is 33.4 Å². The Hall–Kier alpha value is -0.820. The number of fused-ring (bicyclic) bond motifs is 4. The second-order valence-electron chi connectivity index (χ2n) is 10.8. The van der Waals surface area contributed by atoms with Crippen LogP contribution >= 0.6 is 85.3 Å². The highest BCUT2D eigenvalue weighted by atomic mass is 35.5. The predicted octanol–water partition coefficient (Wildman–Crippen LogP) is 5.54. The second kappa shape index (κ2) is 13.0. The molecule has 16 nitrogen and oxygen atoms in total. The molecule has 48 heavy (non-hydrogen) atoms. The van der Waals surface area contributed by atoms with Gasteiger partial charge in [0, 0.05) is 0 Å². The number of aliphatic hydroxyl groups is 2. The fourth-order valence-electron chi connectivity index (χ4n) is 5.70. The number of nitrogens with zero attached hydrogens (tertiary/aromatic N) is 4. The molecule has 3 saturated heterocycles. The first-order valence-electron chi connectivity index (χ1n) is 13.6. The molecule has 2 aromatic heterocycles. The molecule has 3 fully saturated rings. The summed E-state index contributed by atoms with van der Waals surface area (Å²) >= 11 is 37.2. The van der Waals surface area contributed by atoms with Crippen molar-refractivity contribution >= 4 is 107 Å². The van der Waals surface area contributed by atoms with Crippen molar-refractivity contribution in [2.75, 3.05) is 13.2 Å². The van der Waals surface area contributed by atoms with E-state index >= 15 is 0 Å². The SMILES string of the molecule is O=P1(O)OCC2OC(n3c(Cl)nc4cc(Cl)c(Cl)cc43)C(O)C2OP(=O)(O)OCC2OC(n3c(Cl)nc4cc(Cl)c(Cl)cc43)C(O)C2O1. The van der Waals surface area contributed by atoms with Gasteiger partial charge in [-0.2, -0.15) is 0 Å². The number of halogens is 6. The summed E-state index contributed by atoms with van der Waals surface area (Å²) in [4.78, 5) is 29.8. The summed E-state index contributed by atoms with van der Waals surface area (Å²) in [6.07, 6.45) is -12.8. The average molecular weight is 831 g/mol. The summed E-state index contributed by atoms with van der Waals surface area (Å²) in [5.41, 5.74) is 1.08. The number of phosphoric acid groups is 2. The van der Waals surface area contributed by atoms with E-state index in [1.807, 2.05) is 0 Å². The zero-order valence-electron chi connectivity index (χ0n) is 23.3. The lowest BCUT2D eigenvalue weighted by Gasteiger charge is -2.27. The molecule has 0 saturated carbocycles. The van der Waals surface area contributed by atoms with Crippen molar-refractivity contribution in [3.63, 3.8) is 0 Å². The number of hydrogen-bond acceptors (Lipinski definition) is 12. The van der Waals surface area contributed by atoms with Crippen LogP contribution in [0.5, 0.6) is 0 Å². The summed E-state index contributed by atoms with van der Waals surface area (Å²) in [5.74, 6) is 0. The van der Waals surface area contributed by atoms with Gasteiger partial charge < -0.3 is 29.5 Å². The van der Waals surface area contributed by atoms with Gasteiger partial charge >= 0.3 is 15.6 Å². The number of hydrogen-bond donors (Lipinski definition) is 4. The van der Waals surface area contributed by atoms with Gasteiger partial charge in [-0.05, 0) is 47.5 Å². The minimum Gasteiger partial charge on any atom is -0.386 e. The lowest BCUT2D eigenvalue weighted by Crippen LogP contribution is -2.39. The molecular weight excluding hydrogens is 811 g/mol. The van der Waals surface area contributed by atoms with Crippen molar-refractivity contribution in [2.24, 2.45) is 0 Å². The molecule has 0 amide bonds. The van der Waals surface area contributed by atoms with E-state index in [9.17, 15) is 29.1 Å². The van der Waals surface area contributed by atoms with E-state index in [0.29, 0.717) is 0 Å². The molecule has 2 aromatic carbocycles. The molecule has 3 aliphatic rings. The van der Waals surface area contributed by atoms with Crippen LogP contribution in [0.3, 0.4) is 0 Å². The molecule has 10 atom stereocenters. The number of benzene rings is 2. The van der Waals surface area contributed by atoms with Crippen LogP contribution in [0.15, 0.2) is 24.3 Å². The Morgan fingerprint density at radius 3 is 1.38 bits per heavy atom. The van der Waals surface area contributed by atoms with Gasteiger partial charge in [0.2, 0.25) is 10.6 Å². The van der Waals surface area contributed by atoms with Crippen LogP contribution in [0.1, 0.15) is 12.5 Å². The first kappa shape index (κ1) is 35.6. The highest BCUT2D eigenvalue weighted by Gasteiger charge is 2.54. The Balaban J connectivity index is 1.18. The summed E-state index contributed by atoms with van der Waals surface area (Å²) in [6, 6.07) is 5.67. The first-order valence-corrected chi connectivity index (χ1v) is 18.8. The van der Waals surface area contributed by atoms with E-state index in [0.717, 1.165) is 0 Å². The Kier molecular flexibility index (Phi) is 9.63. The number of aliphatic hydroxyl groups excluding tert-OH is 2. The largest absolute Gasteiger partial charge is 0.472 e. The van der Waals surface area contributed by atoms with Crippen LogP contribution in [-0.4, -0.2) is 88.9 Å². The summed E-state index contributed by atoms with van der Waals surface area (Å²) in [5, 5.41) is 22.8. The highest BCUT2D eigenvalue weighted by Crippen LogP contribution is 2.54. The number of aromatic nitrogens is 4. The van der Waals surface area contributed by atoms with E-state index in [1.54, 1.807) is 0 Å². The van der Waals surface area contributed by atoms with Crippen molar-refractivity contribution in [3.05, 3.63) is 54.9 Å². The maximum Gasteiger partial charge on any atom is 0.472 e. The molecule has 5 heterocycles. The molecule has 7 rings (SSSR count). The third kappa shape index (κ3) is 6.42. The van der Waals surface area contributed by atoms with Crippen molar-refractivity contribution < 1.29 is 56.7 Å². The van der Waals surface area contributed by atoms with Gasteiger partial charge in [0.1, 0.15) is 36.6 Å². The lowest BCUT2D eigenvalue weighted by atomic mass is 10.1. The van der Waals surface area contributed by atoms with Gasteiger partial charge in [-0.15, -0.1) is 0 Å². The average Bonchev–Trinajstić information content (AvgIpc) is 3.67. The Bertz CT molecular complexity index is 1890. The lowest BCUT2D eigenvalue weighted by molar-refractivity contribution is -0.0662. The fraction of sp³-hybridized carbons (Fsp3) is 0.417. The predicted molar refractivity (Wildman–Crippen MR) is 171 cm³/mol. The van der Waals surface area contributed by atoms with Crippen LogP contribution in [-0.2, 0) is 36.7 Å². The molecule has 10 unspecified atom stereocenters. The maximum absolute atomic E-state index is 13.2. The van der Waals surface area contributed by atoms with E-state index in [2.05, 4.69) is 9.97 Å². The van der Waals surface area contributed by atoms with Crippen molar-refractivity contribution in [1.29, 1.82) is 0 Å². The molecular formula is C24H20Cl6N4O12P2. The monoisotopic (exact) mass is 828 g/mol.